The molecule has 1 N–H and O–H groups in total. The van der Waals surface area contributed by atoms with Gasteiger partial charge in [0, 0.05) is 25.3 Å². The van der Waals surface area contributed by atoms with E-state index in [-0.39, 0.29) is 5.91 Å². The summed E-state index contributed by atoms with van der Waals surface area (Å²) in [5, 5.41) is 3.20. The van der Waals surface area contributed by atoms with E-state index in [0.717, 1.165) is 5.75 Å². The van der Waals surface area contributed by atoms with Crippen LogP contribution in [0.4, 0.5) is 5.69 Å². The molecule has 0 spiro atoms. The van der Waals surface area contributed by atoms with E-state index < -0.39 is 0 Å². The lowest BCUT2D eigenvalue weighted by atomic mass is 10.2. The SMILES string of the molecule is CCOc1ccc(NC(=O)c2ccc(OC(=S)N(C)C)cc2)cc1. The molecule has 2 aromatic carbocycles. The lowest BCUT2D eigenvalue weighted by Gasteiger charge is -2.14. The van der Waals surface area contributed by atoms with Crippen molar-refractivity contribution in [1.29, 1.82) is 0 Å². The van der Waals surface area contributed by atoms with E-state index in [9.17, 15) is 4.79 Å². The molecule has 2 aromatic rings. The molecule has 5 nitrogen and oxygen atoms in total. The fourth-order valence-corrected chi connectivity index (χ4v) is 1.97. The highest BCUT2D eigenvalue weighted by Crippen LogP contribution is 2.18. The highest BCUT2D eigenvalue weighted by atomic mass is 32.1. The Balaban J connectivity index is 1.98. The molecular weight excluding hydrogens is 324 g/mol. The van der Waals surface area contributed by atoms with Crippen molar-refractivity contribution in [2.24, 2.45) is 0 Å². The van der Waals surface area contributed by atoms with Crippen molar-refractivity contribution in [1.82, 2.24) is 4.90 Å². The van der Waals surface area contributed by atoms with E-state index in [1.807, 2.05) is 19.1 Å². The van der Waals surface area contributed by atoms with E-state index in [1.54, 1.807) is 55.4 Å². The first-order valence-electron chi connectivity index (χ1n) is 7.53. The number of hydrogen-bond donors (Lipinski definition) is 1. The zero-order valence-corrected chi connectivity index (χ0v) is 14.7. The maximum atomic E-state index is 12.2. The predicted octanol–water partition coefficient (Wildman–Crippen LogP) is 3.56. The van der Waals surface area contributed by atoms with Crippen LogP contribution in [0.5, 0.6) is 11.5 Å². The predicted molar refractivity (Wildman–Crippen MR) is 98.9 cm³/mol. The van der Waals surface area contributed by atoms with Crippen molar-refractivity contribution in [2.45, 2.75) is 6.92 Å². The van der Waals surface area contributed by atoms with Gasteiger partial charge in [0.05, 0.1) is 6.61 Å². The molecule has 0 saturated heterocycles. The Labute approximate surface area is 147 Å². The second-order valence-electron chi connectivity index (χ2n) is 5.20. The van der Waals surface area contributed by atoms with Gasteiger partial charge in [0.2, 0.25) is 0 Å². The highest BCUT2D eigenvalue weighted by Gasteiger charge is 2.08. The van der Waals surface area contributed by atoms with Gasteiger partial charge >= 0.3 is 0 Å². The molecular formula is C18H20N2O3S. The smallest absolute Gasteiger partial charge is 0.264 e. The monoisotopic (exact) mass is 344 g/mol. The summed E-state index contributed by atoms with van der Waals surface area (Å²) in [5.74, 6) is 1.17. The van der Waals surface area contributed by atoms with Crippen molar-refractivity contribution in [3.05, 3.63) is 54.1 Å². The molecule has 0 fully saturated rings. The summed E-state index contributed by atoms with van der Waals surface area (Å²) in [6.07, 6.45) is 0. The molecule has 0 heterocycles. The van der Waals surface area contributed by atoms with Gasteiger partial charge in [-0.1, -0.05) is 0 Å². The Morgan fingerprint density at radius 1 is 1.04 bits per heavy atom. The van der Waals surface area contributed by atoms with Crippen molar-refractivity contribution in [2.75, 3.05) is 26.0 Å². The Hall–Kier alpha value is -2.60. The first-order chi connectivity index (χ1) is 11.5. The van der Waals surface area contributed by atoms with E-state index in [1.165, 1.54) is 0 Å². The highest BCUT2D eigenvalue weighted by molar-refractivity contribution is 7.80. The van der Waals surface area contributed by atoms with Gasteiger partial charge in [-0.05, 0) is 67.7 Å². The van der Waals surface area contributed by atoms with Crippen LogP contribution >= 0.6 is 12.2 Å². The number of nitrogens with zero attached hydrogens (tertiary/aromatic N) is 1. The first kappa shape index (κ1) is 17.7. The average Bonchev–Trinajstić information content (AvgIpc) is 2.57. The summed E-state index contributed by atoms with van der Waals surface area (Å²) in [6, 6.07) is 14.0. The molecule has 6 heteroatoms. The van der Waals surface area contributed by atoms with Crippen LogP contribution in [-0.2, 0) is 0 Å². The fraction of sp³-hybridized carbons (Fsp3) is 0.222. The number of amides is 1. The van der Waals surface area contributed by atoms with Crippen LogP contribution in [0.1, 0.15) is 17.3 Å². The molecule has 0 bridgehead atoms. The number of thiocarbonyl (C=S) groups is 1. The Bertz CT molecular complexity index is 697. The minimum Gasteiger partial charge on any atom is -0.494 e. The maximum Gasteiger partial charge on any atom is 0.264 e. The lowest BCUT2D eigenvalue weighted by Crippen LogP contribution is -2.25. The number of carbonyl (C=O) groups excluding carboxylic acids is 1. The molecule has 0 aliphatic rings. The van der Waals surface area contributed by atoms with Crippen molar-refractivity contribution >= 4 is 29.0 Å². The van der Waals surface area contributed by atoms with Crippen LogP contribution in [0.15, 0.2) is 48.5 Å². The summed E-state index contributed by atoms with van der Waals surface area (Å²) in [5.41, 5.74) is 1.24. The van der Waals surface area contributed by atoms with E-state index >= 15 is 0 Å². The summed E-state index contributed by atoms with van der Waals surface area (Å²) in [6.45, 7) is 2.53. The number of benzene rings is 2. The number of rotatable bonds is 5. The second-order valence-corrected chi connectivity index (χ2v) is 5.55. The Morgan fingerprint density at radius 2 is 1.62 bits per heavy atom. The van der Waals surface area contributed by atoms with E-state index in [2.05, 4.69) is 5.32 Å². The van der Waals surface area contributed by atoms with Gasteiger partial charge in [-0.15, -0.1) is 0 Å². The molecule has 0 unspecified atom stereocenters. The summed E-state index contributed by atoms with van der Waals surface area (Å²) in [4.78, 5) is 13.9. The number of nitrogens with one attached hydrogen (secondary N) is 1. The Morgan fingerprint density at radius 3 is 2.17 bits per heavy atom. The third-order valence-electron chi connectivity index (χ3n) is 3.11. The molecule has 0 aliphatic heterocycles. The molecule has 2 rings (SSSR count). The van der Waals surface area contributed by atoms with Crippen molar-refractivity contribution in [3.8, 4) is 11.5 Å². The van der Waals surface area contributed by atoms with Gasteiger partial charge in [-0.25, -0.2) is 0 Å². The largest absolute Gasteiger partial charge is 0.494 e. The molecule has 24 heavy (non-hydrogen) atoms. The molecule has 0 atom stereocenters. The van der Waals surface area contributed by atoms with Crippen molar-refractivity contribution < 1.29 is 14.3 Å². The van der Waals surface area contributed by atoms with Gasteiger partial charge in [0.1, 0.15) is 11.5 Å². The molecule has 0 aliphatic carbocycles. The van der Waals surface area contributed by atoms with Crippen LogP contribution in [0.3, 0.4) is 0 Å². The quantitative estimate of drug-likeness (QED) is 0.841. The van der Waals surface area contributed by atoms with Gasteiger partial charge in [-0.3, -0.25) is 4.79 Å². The van der Waals surface area contributed by atoms with Crippen molar-refractivity contribution in [3.63, 3.8) is 0 Å². The zero-order valence-electron chi connectivity index (χ0n) is 13.9. The molecule has 126 valence electrons. The molecule has 0 aromatic heterocycles. The summed E-state index contributed by atoms with van der Waals surface area (Å²) in [7, 11) is 3.61. The lowest BCUT2D eigenvalue weighted by molar-refractivity contribution is 0.102. The first-order valence-corrected chi connectivity index (χ1v) is 7.94. The average molecular weight is 344 g/mol. The van der Waals surface area contributed by atoms with Gasteiger partial charge in [-0.2, -0.15) is 0 Å². The standard InChI is InChI=1S/C18H20N2O3S/c1-4-22-15-11-7-14(8-12-15)19-17(21)13-5-9-16(10-6-13)23-18(24)20(2)3/h5-12H,4H2,1-3H3,(H,19,21). The van der Waals surface area contributed by atoms with Crippen LogP contribution in [0.2, 0.25) is 0 Å². The molecule has 1 amide bonds. The minimum absolute atomic E-state index is 0.194. The summed E-state index contributed by atoms with van der Waals surface area (Å²) < 4.78 is 10.8. The second kappa shape index (κ2) is 8.31. The van der Waals surface area contributed by atoms with Gasteiger partial charge < -0.3 is 19.7 Å². The van der Waals surface area contributed by atoms with Crippen LogP contribution in [-0.4, -0.2) is 36.7 Å². The number of anilines is 1. The van der Waals surface area contributed by atoms with Gasteiger partial charge in [0.15, 0.2) is 0 Å². The van der Waals surface area contributed by atoms with E-state index in [0.29, 0.717) is 28.8 Å². The third kappa shape index (κ3) is 4.96. The molecule has 0 radical (unpaired) electrons. The van der Waals surface area contributed by atoms with Crippen LogP contribution in [0, 0.1) is 0 Å². The van der Waals surface area contributed by atoms with Crippen LogP contribution < -0.4 is 14.8 Å². The maximum absolute atomic E-state index is 12.2. The normalized spacial score (nSPS) is 9.96. The summed E-state index contributed by atoms with van der Waals surface area (Å²) >= 11 is 5.07. The van der Waals surface area contributed by atoms with Gasteiger partial charge in [0.25, 0.3) is 11.1 Å². The third-order valence-corrected chi connectivity index (χ3v) is 3.56. The number of ether oxygens (including phenoxy) is 2. The number of hydrogen-bond acceptors (Lipinski definition) is 4. The minimum atomic E-state index is -0.194. The Kier molecular flexibility index (Phi) is 6.14. The number of carbonyl (C=O) groups is 1. The topological polar surface area (TPSA) is 50.8 Å². The van der Waals surface area contributed by atoms with Crippen LogP contribution in [0.25, 0.3) is 0 Å². The van der Waals surface area contributed by atoms with E-state index in [4.69, 9.17) is 21.7 Å². The fourth-order valence-electron chi connectivity index (χ4n) is 1.87. The molecule has 0 saturated carbocycles. The zero-order chi connectivity index (χ0) is 17.5.